The lowest BCUT2D eigenvalue weighted by Gasteiger charge is -1.86. The lowest BCUT2D eigenvalue weighted by atomic mass is 10.3. The molecule has 0 aromatic rings. The van der Waals surface area contributed by atoms with E-state index in [0.29, 0.717) is 0 Å². The van der Waals surface area contributed by atoms with Crippen LogP contribution in [0.15, 0.2) is 0 Å². The van der Waals surface area contributed by atoms with Crippen molar-refractivity contribution in [3.63, 3.8) is 0 Å². The quantitative estimate of drug-likeness (QED) is 0.373. The number of unbranched alkanes of at least 4 members (excludes halogenated alkanes) is 2. The molecule has 6 heavy (non-hydrogen) atoms. The number of hydrogen-bond donors (Lipinski definition) is 0. The van der Waals surface area contributed by atoms with Gasteiger partial charge in [-0.2, -0.15) is 0 Å². The van der Waals surface area contributed by atoms with E-state index in [-0.39, 0.29) is 1.43 Å². The van der Waals surface area contributed by atoms with Gasteiger partial charge in [0.2, 0.25) is 0 Å². The van der Waals surface area contributed by atoms with Crippen molar-refractivity contribution < 1.29 is 1.43 Å². The standard InChI is InChI=1S/C5H14Si.H2/c1-2-3-4-5-6;/h2-5H2,1,6H3;1H. The summed E-state index contributed by atoms with van der Waals surface area (Å²) in [7, 11) is 1.40. The Morgan fingerprint density at radius 3 is 2.33 bits per heavy atom. The summed E-state index contributed by atoms with van der Waals surface area (Å²) in [6.07, 6.45) is 4.30. The van der Waals surface area contributed by atoms with Gasteiger partial charge >= 0.3 is 0 Å². The molecule has 0 unspecified atom stereocenters. The fourth-order valence-electron chi connectivity index (χ4n) is 0.500. The minimum absolute atomic E-state index is 0. The van der Waals surface area contributed by atoms with Crippen molar-refractivity contribution in [1.82, 2.24) is 0 Å². The van der Waals surface area contributed by atoms with Gasteiger partial charge in [-0.1, -0.05) is 32.2 Å². The van der Waals surface area contributed by atoms with Crippen molar-refractivity contribution in [3.05, 3.63) is 0 Å². The summed E-state index contributed by atoms with van der Waals surface area (Å²) in [6, 6.07) is 1.49. The van der Waals surface area contributed by atoms with Crippen LogP contribution in [-0.2, 0) is 0 Å². The van der Waals surface area contributed by atoms with Gasteiger partial charge in [0.25, 0.3) is 0 Å². The third-order valence-corrected chi connectivity index (χ3v) is 1.66. The molecule has 40 valence electrons. The number of rotatable bonds is 3. The highest BCUT2D eigenvalue weighted by Gasteiger charge is 1.75. The van der Waals surface area contributed by atoms with E-state index in [1.165, 1.54) is 35.5 Å². The molecule has 1 heteroatoms. The van der Waals surface area contributed by atoms with E-state index in [1.54, 1.807) is 0 Å². The van der Waals surface area contributed by atoms with Gasteiger partial charge in [0, 0.05) is 11.7 Å². The molecule has 0 heterocycles. The molecule has 0 nitrogen and oxygen atoms in total. The highest BCUT2D eigenvalue weighted by molar-refractivity contribution is 6.08. The molecule has 0 aliphatic carbocycles. The number of hydrogen-bond acceptors (Lipinski definition) is 0. The van der Waals surface area contributed by atoms with E-state index < -0.39 is 0 Å². The van der Waals surface area contributed by atoms with Crippen molar-refractivity contribution in [1.29, 1.82) is 0 Å². The normalized spacial score (nSPS) is 9.50. The van der Waals surface area contributed by atoms with Crippen LogP contribution in [0.4, 0.5) is 0 Å². The molecule has 0 saturated heterocycles. The molecule has 0 N–H and O–H groups in total. The van der Waals surface area contributed by atoms with Crippen molar-refractivity contribution in [2.75, 3.05) is 0 Å². The average molecular weight is 104 g/mol. The first-order valence-corrected chi connectivity index (χ1v) is 4.33. The van der Waals surface area contributed by atoms with E-state index in [0.717, 1.165) is 0 Å². The SMILES string of the molecule is CCCCC[SiH3].[HH]. The molecule has 0 spiro atoms. The first kappa shape index (κ1) is 6.22. The first-order chi connectivity index (χ1) is 2.91. The van der Waals surface area contributed by atoms with Gasteiger partial charge in [-0.25, -0.2) is 0 Å². The lowest BCUT2D eigenvalue weighted by molar-refractivity contribution is 0.771. The van der Waals surface area contributed by atoms with Crippen LogP contribution in [0.3, 0.4) is 0 Å². The van der Waals surface area contributed by atoms with Crippen LogP contribution in [-0.4, -0.2) is 10.2 Å². The van der Waals surface area contributed by atoms with Crippen LogP contribution in [0.1, 0.15) is 27.6 Å². The molecule has 0 bridgehead atoms. The van der Waals surface area contributed by atoms with Crippen molar-refractivity contribution in [3.8, 4) is 0 Å². The van der Waals surface area contributed by atoms with E-state index >= 15 is 0 Å². The summed E-state index contributed by atoms with van der Waals surface area (Å²) in [5, 5.41) is 0. The maximum Gasteiger partial charge on any atom is 0.00279 e. The molecule has 0 fully saturated rings. The van der Waals surface area contributed by atoms with Gasteiger partial charge in [0.15, 0.2) is 0 Å². The monoisotopic (exact) mass is 104 g/mol. The second kappa shape index (κ2) is 5.22. The Hall–Kier alpha value is 0.217. The lowest BCUT2D eigenvalue weighted by Crippen LogP contribution is -1.69. The van der Waals surface area contributed by atoms with Crippen molar-refractivity contribution >= 4 is 10.2 Å². The van der Waals surface area contributed by atoms with Gasteiger partial charge < -0.3 is 0 Å². The van der Waals surface area contributed by atoms with Gasteiger partial charge in [0.1, 0.15) is 0 Å². The Bertz CT molecular complexity index is 20.0. The smallest absolute Gasteiger partial charge is 0.00279 e. The Balaban J connectivity index is 0. The summed E-state index contributed by atoms with van der Waals surface area (Å²) in [5.41, 5.74) is 0. The van der Waals surface area contributed by atoms with E-state index in [2.05, 4.69) is 6.92 Å². The largest absolute Gasteiger partial charge is 0.0658 e. The summed E-state index contributed by atoms with van der Waals surface area (Å²) < 4.78 is 0. The second-order valence-corrected chi connectivity index (χ2v) is 2.71. The fourth-order valence-corrected chi connectivity index (χ4v) is 1.000. The maximum atomic E-state index is 2.25. The molecule has 0 rings (SSSR count). The zero-order valence-electron chi connectivity index (χ0n) is 4.83. The molecule has 0 amide bonds. The van der Waals surface area contributed by atoms with Crippen LogP contribution in [0.25, 0.3) is 0 Å². The highest BCUT2D eigenvalue weighted by atomic mass is 28.1. The molecule has 0 radical (unpaired) electrons. The van der Waals surface area contributed by atoms with E-state index in [9.17, 15) is 0 Å². The first-order valence-electron chi connectivity index (χ1n) is 2.91. The van der Waals surface area contributed by atoms with Crippen LogP contribution >= 0.6 is 0 Å². The Morgan fingerprint density at radius 2 is 2.17 bits per heavy atom. The summed E-state index contributed by atoms with van der Waals surface area (Å²) >= 11 is 0. The van der Waals surface area contributed by atoms with E-state index in [1.807, 2.05) is 0 Å². The molecule has 0 aliphatic heterocycles. The summed E-state index contributed by atoms with van der Waals surface area (Å²) in [4.78, 5) is 0. The van der Waals surface area contributed by atoms with Crippen molar-refractivity contribution in [2.24, 2.45) is 0 Å². The Kier molecular flexibility index (Phi) is 5.41. The average Bonchev–Trinajstić information content (AvgIpc) is 1.61. The topological polar surface area (TPSA) is 0 Å². The van der Waals surface area contributed by atoms with Gasteiger partial charge in [0.05, 0.1) is 0 Å². The third kappa shape index (κ3) is 4.22. The molecular formula is C5H16Si. The summed E-state index contributed by atoms with van der Waals surface area (Å²) in [5.74, 6) is 0. The minimum atomic E-state index is 0. The van der Waals surface area contributed by atoms with Crippen LogP contribution in [0, 0.1) is 0 Å². The van der Waals surface area contributed by atoms with Gasteiger partial charge in [-0.3, -0.25) is 0 Å². The zero-order valence-corrected chi connectivity index (χ0v) is 6.83. The third-order valence-electron chi connectivity index (χ3n) is 0.957. The van der Waals surface area contributed by atoms with Crippen molar-refractivity contribution in [2.45, 2.75) is 32.2 Å². The fraction of sp³-hybridized carbons (Fsp3) is 1.00. The summed E-state index contributed by atoms with van der Waals surface area (Å²) in [6.45, 7) is 2.25. The molecule has 0 aromatic carbocycles. The Labute approximate surface area is 44.9 Å². The minimum Gasteiger partial charge on any atom is -0.0658 e. The van der Waals surface area contributed by atoms with Crippen LogP contribution < -0.4 is 0 Å². The predicted molar refractivity (Wildman–Crippen MR) is 36.4 cm³/mol. The molecular weight excluding hydrogens is 88.1 g/mol. The van der Waals surface area contributed by atoms with Crippen LogP contribution in [0.2, 0.25) is 6.04 Å². The second-order valence-electron chi connectivity index (χ2n) is 1.71. The van der Waals surface area contributed by atoms with E-state index in [4.69, 9.17) is 0 Å². The maximum absolute atomic E-state index is 2.25. The zero-order chi connectivity index (χ0) is 4.83. The molecule has 0 atom stereocenters. The predicted octanol–water partition coefficient (Wildman–Crippen LogP) is 1.21. The molecule has 0 aliphatic rings. The molecule has 0 saturated carbocycles. The van der Waals surface area contributed by atoms with Gasteiger partial charge in [-0.05, 0) is 0 Å². The highest BCUT2D eigenvalue weighted by Crippen LogP contribution is 1.94. The van der Waals surface area contributed by atoms with Gasteiger partial charge in [-0.15, -0.1) is 0 Å². The molecule has 0 aromatic heterocycles. The Morgan fingerprint density at radius 1 is 1.50 bits per heavy atom. The van der Waals surface area contributed by atoms with Crippen LogP contribution in [0.5, 0.6) is 0 Å².